The first-order valence-electron chi connectivity index (χ1n) is 5.42. The van der Waals surface area contributed by atoms with Crippen molar-refractivity contribution < 1.29 is 0 Å². The molecule has 1 fully saturated rings. The lowest BCUT2D eigenvalue weighted by Gasteiger charge is -2.30. The van der Waals surface area contributed by atoms with E-state index >= 15 is 0 Å². The van der Waals surface area contributed by atoms with E-state index in [4.69, 9.17) is 0 Å². The zero-order chi connectivity index (χ0) is 10.5. The topological polar surface area (TPSA) is 39.3 Å². The van der Waals surface area contributed by atoms with Crippen LogP contribution in [0.5, 0.6) is 0 Å². The zero-order valence-corrected chi connectivity index (χ0v) is 9.47. The molecule has 3 heterocycles. The first-order chi connectivity index (χ1) is 7.93. The van der Waals surface area contributed by atoms with E-state index in [2.05, 4.69) is 45.3 Å². The number of fused-ring (bicyclic) bond motifs is 5. The maximum atomic E-state index is 3.47. The Labute approximate surface area is 97.2 Å². The molecule has 1 aromatic carbocycles. The molecular formula is C11H12N4S. The molecular weight excluding hydrogens is 220 g/mol. The number of hydrogen-bond donors (Lipinski definition) is 3. The summed E-state index contributed by atoms with van der Waals surface area (Å²) in [5.74, 6) is 0. The maximum Gasteiger partial charge on any atom is 0.149 e. The van der Waals surface area contributed by atoms with E-state index in [9.17, 15) is 0 Å². The average molecular weight is 232 g/mol. The highest BCUT2D eigenvalue weighted by Gasteiger charge is 2.31. The molecule has 1 unspecified atom stereocenters. The summed E-state index contributed by atoms with van der Waals surface area (Å²) in [6.07, 6.45) is 0.237. The van der Waals surface area contributed by atoms with Gasteiger partial charge in [-0.25, -0.2) is 10.9 Å². The third-order valence-corrected chi connectivity index (χ3v) is 4.46. The molecule has 3 N–H and O–H groups in total. The molecule has 1 saturated heterocycles. The smallest absolute Gasteiger partial charge is 0.149 e. The summed E-state index contributed by atoms with van der Waals surface area (Å²) >= 11 is 1.88. The fraction of sp³-hybridized carbons (Fsp3) is 0.273. The van der Waals surface area contributed by atoms with E-state index in [1.807, 2.05) is 11.3 Å². The average Bonchev–Trinajstić information content (AvgIpc) is 2.92. The predicted molar refractivity (Wildman–Crippen MR) is 66.1 cm³/mol. The molecule has 16 heavy (non-hydrogen) atoms. The first kappa shape index (κ1) is 8.95. The molecule has 0 radical (unpaired) electrons. The SMILES string of the molecule is c1ccc2c3c(sc2c1)N1CNNC1NC3. The predicted octanol–water partition coefficient (Wildman–Crippen LogP) is 1.16. The van der Waals surface area contributed by atoms with Crippen molar-refractivity contribution in [1.29, 1.82) is 0 Å². The van der Waals surface area contributed by atoms with E-state index in [1.165, 1.54) is 20.7 Å². The van der Waals surface area contributed by atoms with Crippen LogP contribution >= 0.6 is 11.3 Å². The number of rotatable bonds is 0. The van der Waals surface area contributed by atoms with Gasteiger partial charge in [0.1, 0.15) is 11.3 Å². The molecule has 2 aliphatic rings. The van der Waals surface area contributed by atoms with E-state index in [0.717, 1.165) is 13.2 Å². The van der Waals surface area contributed by atoms with Crippen molar-refractivity contribution in [3.8, 4) is 0 Å². The van der Waals surface area contributed by atoms with Gasteiger partial charge in [0, 0.05) is 16.8 Å². The highest BCUT2D eigenvalue weighted by Crippen LogP contribution is 2.40. The van der Waals surface area contributed by atoms with Crippen molar-refractivity contribution in [1.82, 2.24) is 16.2 Å². The number of anilines is 1. The van der Waals surface area contributed by atoms with Crippen LogP contribution in [0.1, 0.15) is 5.56 Å². The van der Waals surface area contributed by atoms with Crippen molar-refractivity contribution in [2.24, 2.45) is 0 Å². The number of hydrogen-bond acceptors (Lipinski definition) is 5. The van der Waals surface area contributed by atoms with Crippen LogP contribution in [0.25, 0.3) is 10.1 Å². The molecule has 4 nitrogen and oxygen atoms in total. The summed E-state index contributed by atoms with van der Waals surface area (Å²) in [6, 6.07) is 8.63. The van der Waals surface area contributed by atoms with Crippen molar-refractivity contribution >= 4 is 26.4 Å². The molecule has 0 aliphatic carbocycles. The monoisotopic (exact) mass is 232 g/mol. The van der Waals surface area contributed by atoms with Crippen LogP contribution in [0.2, 0.25) is 0 Å². The summed E-state index contributed by atoms with van der Waals surface area (Å²) in [7, 11) is 0. The van der Waals surface area contributed by atoms with Gasteiger partial charge in [-0.1, -0.05) is 18.2 Å². The Morgan fingerprint density at radius 1 is 1.31 bits per heavy atom. The van der Waals surface area contributed by atoms with Crippen LogP contribution in [0, 0.1) is 0 Å². The highest BCUT2D eigenvalue weighted by atomic mass is 32.1. The second kappa shape index (κ2) is 3.18. The lowest BCUT2D eigenvalue weighted by molar-refractivity contribution is 0.446. The number of nitrogens with one attached hydrogen (secondary N) is 3. The summed E-state index contributed by atoms with van der Waals surface area (Å²) < 4.78 is 1.38. The van der Waals surface area contributed by atoms with Gasteiger partial charge in [-0.05, 0) is 11.5 Å². The Kier molecular flexibility index (Phi) is 1.78. The molecule has 0 saturated carbocycles. The van der Waals surface area contributed by atoms with Crippen molar-refractivity contribution in [2.75, 3.05) is 11.6 Å². The minimum Gasteiger partial charge on any atom is -0.320 e. The Morgan fingerprint density at radius 2 is 2.25 bits per heavy atom. The van der Waals surface area contributed by atoms with Gasteiger partial charge in [0.25, 0.3) is 0 Å². The van der Waals surface area contributed by atoms with E-state index < -0.39 is 0 Å². The van der Waals surface area contributed by atoms with Crippen LogP contribution in [0.4, 0.5) is 5.00 Å². The van der Waals surface area contributed by atoms with Gasteiger partial charge >= 0.3 is 0 Å². The van der Waals surface area contributed by atoms with E-state index in [1.54, 1.807) is 0 Å². The normalized spacial score (nSPS) is 23.5. The molecule has 1 atom stereocenters. The summed E-state index contributed by atoms with van der Waals surface area (Å²) in [4.78, 5) is 2.34. The molecule has 82 valence electrons. The molecule has 0 amide bonds. The largest absolute Gasteiger partial charge is 0.320 e. The number of hydrazine groups is 1. The quantitative estimate of drug-likeness (QED) is 0.637. The van der Waals surface area contributed by atoms with Gasteiger partial charge in [0.2, 0.25) is 0 Å². The summed E-state index contributed by atoms with van der Waals surface area (Å²) in [6.45, 7) is 1.80. The Bertz CT molecular complexity index is 550. The third-order valence-electron chi connectivity index (χ3n) is 3.21. The van der Waals surface area contributed by atoms with Crippen LogP contribution < -0.4 is 21.1 Å². The van der Waals surface area contributed by atoms with Gasteiger partial charge < -0.3 is 4.90 Å². The summed E-state index contributed by atoms with van der Waals surface area (Å²) in [5, 5.41) is 6.25. The molecule has 0 bridgehead atoms. The third kappa shape index (κ3) is 1.08. The molecule has 2 aromatic rings. The van der Waals surface area contributed by atoms with E-state index in [0.29, 0.717) is 0 Å². The molecule has 4 rings (SSSR count). The van der Waals surface area contributed by atoms with Gasteiger partial charge in [-0.2, -0.15) is 0 Å². The minimum atomic E-state index is 0.237. The first-order valence-corrected chi connectivity index (χ1v) is 6.24. The number of nitrogens with zero attached hydrogens (tertiary/aromatic N) is 1. The van der Waals surface area contributed by atoms with Crippen LogP contribution in [-0.2, 0) is 6.54 Å². The molecule has 5 heteroatoms. The lowest BCUT2D eigenvalue weighted by atomic mass is 10.1. The fourth-order valence-electron chi connectivity index (χ4n) is 2.43. The lowest BCUT2D eigenvalue weighted by Crippen LogP contribution is -2.50. The van der Waals surface area contributed by atoms with Gasteiger partial charge in [0.05, 0.1) is 6.67 Å². The van der Waals surface area contributed by atoms with Crippen molar-refractivity contribution in [3.63, 3.8) is 0 Å². The minimum absolute atomic E-state index is 0.237. The molecule has 2 aliphatic heterocycles. The number of thiophene rings is 1. The second-order valence-electron chi connectivity index (χ2n) is 4.11. The van der Waals surface area contributed by atoms with Crippen molar-refractivity contribution in [3.05, 3.63) is 29.8 Å². The summed E-state index contributed by atoms with van der Waals surface area (Å²) in [5.41, 5.74) is 7.82. The Morgan fingerprint density at radius 3 is 3.25 bits per heavy atom. The van der Waals surface area contributed by atoms with Gasteiger partial charge in [0.15, 0.2) is 0 Å². The van der Waals surface area contributed by atoms with Gasteiger partial charge in [-0.3, -0.25) is 5.32 Å². The van der Waals surface area contributed by atoms with Gasteiger partial charge in [-0.15, -0.1) is 11.3 Å². The van der Waals surface area contributed by atoms with Crippen molar-refractivity contribution in [2.45, 2.75) is 12.8 Å². The zero-order valence-electron chi connectivity index (χ0n) is 8.66. The van der Waals surface area contributed by atoms with Crippen LogP contribution in [0.15, 0.2) is 24.3 Å². The fourth-order valence-corrected chi connectivity index (χ4v) is 3.68. The van der Waals surface area contributed by atoms with E-state index in [-0.39, 0.29) is 6.29 Å². The van der Waals surface area contributed by atoms with Crippen LogP contribution in [0.3, 0.4) is 0 Å². The Hall–Kier alpha value is -1.14. The second-order valence-corrected chi connectivity index (χ2v) is 5.15. The van der Waals surface area contributed by atoms with Crippen LogP contribution in [-0.4, -0.2) is 13.0 Å². The maximum absolute atomic E-state index is 3.47. The standard InChI is InChI=1S/C11H12N4S/c1-2-4-9-7(3-1)8-5-12-11-14-13-6-15(11)10(8)16-9/h1-4,11-14H,5-6H2. The number of benzene rings is 1. The Balaban J connectivity index is 1.96. The molecule has 0 spiro atoms. The highest BCUT2D eigenvalue weighted by molar-refractivity contribution is 7.23. The molecule has 1 aromatic heterocycles.